The van der Waals surface area contributed by atoms with Crippen LogP contribution in [0.2, 0.25) is 0 Å². The Balaban J connectivity index is 2.00. The van der Waals surface area contributed by atoms with Crippen LogP contribution in [-0.2, 0) is 11.2 Å². The number of benzene rings is 1. The van der Waals surface area contributed by atoms with Crippen LogP contribution in [0.4, 0.5) is 0 Å². The fourth-order valence-corrected chi connectivity index (χ4v) is 6.56. The number of aromatic nitrogens is 2. The molecular formula is C19H19N3O2S3. The van der Waals surface area contributed by atoms with E-state index >= 15 is 0 Å². The Bertz CT molecular complexity index is 1100. The van der Waals surface area contributed by atoms with E-state index in [4.69, 9.17) is 10.7 Å². The average Bonchev–Trinajstić information content (AvgIpc) is 3.00. The van der Waals surface area contributed by atoms with E-state index in [9.17, 15) is 9.59 Å². The molecule has 5 nitrogen and oxygen atoms in total. The molecule has 0 spiro atoms. The molecule has 27 heavy (non-hydrogen) atoms. The van der Waals surface area contributed by atoms with Crippen LogP contribution in [0.25, 0.3) is 15.9 Å². The van der Waals surface area contributed by atoms with E-state index in [1.807, 2.05) is 31.2 Å². The number of nitrogens with two attached hydrogens (primary N) is 1. The van der Waals surface area contributed by atoms with Crippen LogP contribution in [0.5, 0.6) is 0 Å². The molecule has 2 N–H and O–H groups in total. The summed E-state index contributed by atoms with van der Waals surface area (Å²) in [6.45, 7) is 3.72. The van der Waals surface area contributed by atoms with Crippen LogP contribution in [0.15, 0.2) is 38.4 Å². The van der Waals surface area contributed by atoms with E-state index in [1.54, 1.807) is 34.6 Å². The lowest BCUT2D eigenvalue weighted by Crippen LogP contribution is -2.26. The fourth-order valence-electron chi connectivity index (χ4n) is 3.11. The molecule has 3 heterocycles. The number of fused-ring (bicyclic) bond motifs is 3. The quantitative estimate of drug-likeness (QED) is 0.517. The summed E-state index contributed by atoms with van der Waals surface area (Å²) in [5.41, 5.74) is 8.33. The number of carbonyl (C=O) groups excluding carboxylic acids is 1. The highest BCUT2D eigenvalue weighted by atomic mass is 32.2. The van der Waals surface area contributed by atoms with E-state index in [1.165, 1.54) is 16.0 Å². The lowest BCUT2D eigenvalue weighted by atomic mass is 10.1. The number of primary amides is 1. The van der Waals surface area contributed by atoms with Gasteiger partial charge in [0.2, 0.25) is 5.91 Å². The highest BCUT2D eigenvalue weighted by molar-refractivity contribution is 8.01. The number of aryl methyl sites for hydroxylation is 2. The van der Waals surface area contributed by atoms with E-state index in [0.717, 1.165) is 45.6 Å². The zero-order valence-corrected chi connectivity index (χ0v) is 17.5. The van der Waals surface area contributed by atoms with E-state index in [-0.39, 0.29) is 5.56 Å². The topological polar surface area (TPSA) is 78.0 Å². The molecule has 8 heteroatoms. The Morgan fingerprint density at radius 2 is 2.22 bits per heavy atom. The second kappa shape index (κ2) is 7.33. The molecule has 1 aliphatic rings. The van der Waals surface area contributed by atoms with E-state index < -0.39 is 11.2 Å². The van der Waals surface area contributed by atoms with Crippen LogP contribution in [0.3, 0.4) is 0 Å². The van der Waals surface area contributed by atoms with E-state index in [0.29, 0.717) is 5.16 Å². The minimum absolute atomic E-state index is 0.0650. The fraction of sp³-hybridized carbons (Fsp3) is 0.316. The lowest BCUT2D eigenvalue weighted by molar-refractivity contribution is -0.117. The van der Waals surface area contributed by atoms with Crippen molar-refractivity contribution in [2.75, 3.05) is 5.75 Å². The largest absolute Gasteiger partial charge is 0.369 e. The number of thioether (sulfide) groups is 2. The van der Waals surface area contributed by atoms with Crippen molar-refractivity contribution < 1.29 is 4.79 Å². The molecule has 4 rings (SSSR count). The van der Waals surface area contributed by atoms with Crippen molar-refractivity contribution >= 4 is 51.0 Å². The molecule has 1 aromatic carbocycles. The number of hydrogen-bond acceptors (Lipinski definition) is 6. The number of amides is 1. The first-order chi connectivity index (χ1) is 13.0. The van der Waals surface area contributed by atoms with E-state index in [2.05, 4.69) is 0 Å². The third-order valence-electron chi connectivity index (χ3n) is 4.50. The predicted octanol–water partition coefficient (Wildman–Crippen LogP) is 3.76. The van der Waals surface area contributed by atoms with Crippen LogP contribution in [-0.4, -0.2) is 26.5 Å². The molecule has 2 aromatic heterocycles. The maximum atomic E-state index is 13.5. The maximum absolute atomic E-state index is 13.5. The van der Waals surface area contributed by atoms with Crippen LogP contribution < -0.4 is 11.3 Å². The highest BCUT2D eigenvalue weighted by Crippen LogP contribution is 2.41. The van der Waals surface area contributed by atoms with Crippen LogP contribution in [0.1, 0.15) is 24.5 Å². The molecule has 0 aliphatic carbocycles. The summed E-state index contributed by atoms with van der Waals surface area (Å²) in [5, 5.41) is 0.752. The van der Waals surface area contributed by atoms with Gasteiger partial charge in [0.1, 0.15) is 4.83 Å². The molecule has 1 amide bonds. The minimum atomic E-state index is -0.477. The summed E-state index contributed by atoms with van der Waals surface area (Å²) in [7, 11) is 0. The number of rotatable bonds is 4. The first kappa shape index (κ1) is 18.6. The molecule has 1 atom stereocenters. The van der Waals surface area contributed by atoms with Crippen LogP contribution >= 0.6 is 34.9 Å². The van der Waals surface area contributed by atoms with Gasteiger partial charge in [-0.2, -0.15) is 0 Å². The average molecular weight is 418 g/mol. The van der Waals surface area contributed by atoms with Crippen molar-refractivity contribution in [3.05, 3.63) is 45.7 Å². The molecule has 140 valence electrons. The van der Waals surface area contributed by atoms with Crippen molar-refractivity contribution in [2.45, 2.75) is 41.3 Å². The van der Waals surface area contributed by atoms with Crippen LogP contribution in [0, 0.1) is 6.92 Å². The molecule has 0 fully saturated rings. The molecule has 0 radical (unpaired) electrons. The summed E-state index contributed by atoms with van der Waals surface area (Å²) in [6.07, 6.45) is 1.99. The smallest absolute Gasteiger partial charge is 0.267 e. The van der Waals surface area contributed by atoms with Crippen molar-refractivity contribution in [3.8, 4) is 5.69 Å². The normalized spacial score (nSPS) is 14.9. The lowest BCUT2D eigenvalue weighted by Gasteiger charge is -2.15. The number of thiophene rings is 1. The first-order valence-electron chi connectivity index (χ1n) is 8.70. The predicted molar refractivity (Wildman–Crippen MR) is 114 cm³/mol. The van der Waals surface area contributed by atoms with Gasteiger partial charge in [-0.1, -0.05) is 23.9 Å². The van der Waals surface area contributed by atoms with Gasteiger partial charge in [-0.3, -0.25) is 14.2 Å². The van der Waals surface area contributed by atoms with Gasteiger partial charge in [0.25, 0.3) is 5.56 Å². The second-order valence-electron chi connectivity index (χ2n) is 6.54. The van der Waals surface area contributed by atoms with Gasteiger partial charge >= 0.3 is 0 Å². The molecule has 0 unspecified atom stereocenters. The van der Waals surface area contributed by atoms with Gasteiger partial charge in [-0.25, -0.2) is 4.98 Å². The second-order valence-corrected chi connectivity index (χ2v) is 10.2. The molecule has 0 saturated carbocycles. The van der Waals surface area contributed by atoms with Gasteiger partial charge in [0.05, 0.1) is 20.5 Å². The first-order valence-corrected chi connectivity index (χ1v) is 11.4. The van der Waals surface area contributed by atoms with Gasteiger partial charge < -0.3 is 5.73 Å². The van der Waals surface area contributed by atoms with Gasteiger partial charge in [-0.05, 0) is 55.7 Å². The Kier molecular flexibility index (Phi) is 5.05. The van der Waals surface area contributed by atoms with Crippen molar-refractivity contribution in [1.29, 1.82) is 0 Å². The van der Waals surface area contributed by atoms with Gasteiger partial charge in [0, 0.05) is 0 Å². The summed E-state index contributed by atoms with van der Waals surface area (Å²) in [6, 6.07) is 7.77. The Morgan fingerprint density at radius 3 is 2.96 bits per heavy atom. The summed E-state index contributed by atoms with van der Waals surface area (Å²) < 4.78 is 2.83. The Hall–Kier alpha value is -1.77. The maximum Gasteiger partial charge on any atom is 0.267 e. The monoisotopic (exact) mass is 417 g/mol. The zero-order chi connectivity index (χ0) is 19.1. The van der Waals surface area contributed by atoms with Crippen molar-refractivity contribution in [2.24, 2.45) is 5.73 Å². The van der Waals surface area contributed by atoms with Crippen molar-refractivity contribution in [3.63, 3.8) is 0 Å². The van der Waals surface area contributed by atoms with Crippen molar-refractivity contribution in [1.82, 2.24) is 9.55 Å². The summed E-state index contributed by atoms with van der Waals surface area (Å²) in [5.74, 6) is 0.651. The zero-order valence-electron chi connectivity index (χ0n) is 15.0. The summed E-state index contributed by atoms with van der Waals surface area (Å²) in [4.78, 5) is 30.7. The molecular weight excluding hydrogens is 398 g/mol. The summed E-state index contributed by atoms with van der Waals surface area (Å²) >= 11 is 4.61. The molecule has 1 aliphatic heterocycles. The third kappa shape index (κ3) is 3.41. The standard InChI is InChI=1S/C19H19N3O2S3/c1-10-5-3-6-12(9-10)22-17(24)14-13-7-4-8-25-18(13)27-16(14)21-19(22)26-11(2)15(20)23/h3,5-6,9,11H,4,7-8H2,1-2H3,(H2,20,23)/t11-/m1/s1. The third-order valence-corrected chi connectivity index (χ3v) is 8.10. The van der Waals surface area contributed by atoms with Gasteiger partial charge in [0.15, 0.2) is 5.16 Å². The molecule has 0 saturated heterocycles. The Labute approximate surface area is 169 Å². The number of carbonyl (C=O) groups is 1. The minimum Gasteiger partial charge on any atom is -0.369 e. The Morgan fingerprint density at radius 1 is 1.41 bits per heavy atom. The SMILES string of the molecule is Cc1cccc(-n2c(S[C@H](C)C(N)=O)nc3sc4c(c3c2=O)CCCS4)c1. The molecule has 0 bridgehead atoms. The number of nitrogens with zero attached hydrogens (tertiary/aromatic N) is 2. The highest BCUT2D eigenvalue weighted by Gasteiger charge is 2.24. The van der Waals surface area contributed by atoms with Gasteiger partial charge in [-0.15, -0.1) is 23.1 Å². The molecule has 3 aromatic rings. The number of hydrogen-bond donors (Lipinski definition) is 1.